The maximum atomic E-state index is 12.1. The lowest BCUT2D eigenvalue weighted by molar-refractivity contribution is 0.144. The second-order valence-corrected chi connectivity index (χ2v) is 6.94. The van der Waals surface area contributed by atoms with Gasteiger partial charge in [-0.3, -0.25) is 9.20 Å². The fourth-order valence-corrected chi connectivity index (χ4v) is 3.15. The zero-order valence-electron chi connectivity index (χ0n) is 14.9. The standard InChI is InChI=1S/C18H31N3O2S/c1-3-19-18(20-12-8-9-14-23-4-2)21-13-15-24(22)16-17-10-6-5-7-11-17/h5-7,10-11H,3-4,8-9,12-16H2,1-2H3,(H2,19,20,21). The number of hydrogen-bond acceptors (Lipinski definition) is 3. The van der Waals surface area contributed by atoms with E-state index in [1.807, 2.05) is 44.2 Å². The van der Waals surface area contributed by atoms with E-state index in [1.54, 1.807) is 0 Å². The van der Waals surface area contributed by atoms with Gasteiger partial charge in [0, 0.05) is 55.2 Å². The maximum Gasteiger partial charge on any atom is 0.191 e. The Kier molecular flexibility index (Phi) is 12.0. The van der Waals surface area contributed by atoms with Crippen LogP contribution in [0.4, 0.5) is 0 Å². The van der Waals surface area contributed by atoms with Crippen LogP contribution in [0.3, 0.4) is 0 Å². The number of guanidine groups is 1. The quantitative estimate of drug-likeness (QED) is 0.344. The van der Waals surface area contributed by atoms with Crippen LogP contribution < -0.4 is 10.6 Å². The van der Waals surface area contributed by atoms with Gasteiger partial charge in [0.05, 0.1) is 0 Å². The lowest BCUT2D eigenvalue weighted by atomic mass is 10.2. The molecule has 0 radical (unpaired) electrons. The van der Waals surface area contributed by atoms with E-state index in [9.17, 15) is 4.21 Å². The Labute approximate surface area is 148 Å². The third kappa shape index (κ3) is 10.4. The first-order valence-electron chi connectivity index (χ1n) is 8.75. The summed E-state index contributed by atoms with van der Waals surface area (Å²) in [6.45, 7) is 7.87. The Morgan fingerprint density at radius 3 is 2.67 bits per heavy atom. The third-order valence-corrected chi connectivity index (χ3v) is 4.62. The fourth-order valence-electron chi connectivity index (χ4n) is 2.11. The van der Waals surface area contributed by atoms with Crippen LogP contribution in [0.25, 0.3) is 0 Å². The van der Waals surface area contributed by atoms with Crippen molar-refractivity contribution < 1.29 is 8.95 Å². The first-order chi connectivity index (χ1) is 11.8. The van der Waals surface area contributed by atoms with Crippen molar-refractivity contribution in [3.05, 3.63) is 35.9 Å². The van der Waals surface area contributed by atoms with Crippen LogP contribution in [0.2, 0.25) is 0 Å². The van der Waals surface area contributed by atoms with Crippen molar-refractivity contribution in [2.24, 2.45) is 4.99 Å². The van der Waals surface area contributed by atoms with E-state index in [2.05, 4.69) is 15.6 Å². The van der Waals surface area contributed by atoms with Crippen molar-refractivity contribution in [2.75, 3.05) is 38.6 Å². The van der Waals surface area contributed by atoms with Gasteiger partial charge in [0.1, 0.15) is 0 Å². The van der Waals surface area contributed by atoms with Crippen molar-refractivity contribution in [1.82, 2.24) is 10.6 Å². The largest absolute Gasteiger partial charge is 0.382 e. The number of ether oxygens (including phenoxy) is 1. The molecule has 1 rings (SSSR count). The number of unbranched alkanes of at least 4 members (excludes halogenated alkanes) is 1. The molecule has 1 atom stereocenters. The molecule has 0 aliphatic heterocycles. The summed E-state index contributed by atoms with van der Waals surface area (Å²) in [6.07, 6.45) is 2.04. The van der Waals surface area contributed by atoms with E-state index in [0.29, 0.717) is 18.1 Å². The molecule has 0 saturated heterocycles. The minimum atomic E-state index is -0.864. The minimum absolute atomic E-state index is 0.605. The van der Waals surface area contributed by atoms with Crippen LogP contribution in [0, 0.1) is 0 Å². The van der Waals surface area contributed by atoms with Crippen molar-refractivity contribution in [1.29, 1.82) is 0 Å². The Hall–Kier alpha value is -1.40. The Bertz CT molecular complexity index is 480. The number of hydrogen-bond donors (Lipinski definition) is 2. The molecule has 136 valence electrons. The fraction of sp³-hybridized carbons (Fsp3) is 0.611. The highest BCUT2D eigenvalue weighted by Gasteiger charge is 2.03. The highest BCUT2D eigenvalue weighted by Crippen LogP contribution is 2.02. The first kappa shape index (κ1) is 20.6. The van der Waals surface area contributed by atoms with E-state index in [-0.39, 0.29) is 0 Å². The molecule has 0 fully saturated rings. The van der Waals surface area contributed by atoms with E-state index in [0.717, 1.165) is 50.7 Å². The zero-order valence-corrected chi connectivity index (χ0v) is 15.7. The number of nitrogens with one attached hydrogen (secondary N) is 2. The van der Waals surface area contributed by atoms with Crippen molar-refractivity contribution >= 4 is 16.8 Å². The number of rotatable bonds is 12. The summed E-state index contributed by atoms with van der Waals surface area (Å²) in [5, 5.41) is 6.47. The van der Waals surface area contributed by atoms with Gasteiger partial charge in [0.25, 0.3) is 0 Å². The topological polar surface area (TPSA) is 62.7 Å². The molecule has 5 nitrogen and oxygen atoms in total. The number of nitrogens with zero attached hydrogens (tertiary/aromatic N) is 1. The second kappa shape index (κ2) is 14.0. The molecule has 24 heavy (non-hydrogen) atoms. The van der Waals surface area contributed by atoms with E-state index >= 15 is 0 Å². The van der Waals surface area contributed by atoms with Gasteiger partial charge < -0.3 is 15.4 Å². The smallest absolute Gasteiger partial charge is 0.191 e. The summed E-state index contributed by atoms with van der Waals surface area (Å²) in [5.74, 6) is 2.02. The molecule has 0 spiro atoms. The molecule has 0 aromatic heterocycles. The summed E-state index contributed by atoms with van der Waals surface area (Å²) in [6, 6.07) is 9.96. The summed E-state index contributed by atoms with van der Waals surface area (Å²) in [4.78, 5) is 4.53. The van der Waals surface area contributed by atoms with Crippen LogP contribution in [0.15, 0.2) is 35.3 Å². The summed E-state index contributed by atoms with van der Waals surface area (Å²) in [5.41, 5.74) is 1.12. The monoisotopic (exact) mass is 353 g/mol. The minimum Gasteiger partial charge on any atom is -0.382 e. The molecule has 0 amide bonds. The summed E-state index contributed by atoms with van der Waals surface area (Å²) >= 11 is 0. The Morgan fingerprint density at radius 1 is 1.17 bits per heavy atom. The van der Waals surface area contributed by atoms with Gasteiger partial charge in [-0.15, -0.1) is 0 Å². The van der Waals surface area contributed by atoms with Gasteiger partial charge in [-0.05, 0) is 32.3 Å². The molecule has 1 unspecified atom stereocenters. The van der Waals surface area contributed by atoms with Crippen molar-refractivity contribution in [3.63, 3.8) is 0 Å². The lowest BCUT2D eigenvalue weighted by Crippen LogP contribution is -2.39. The maximum absolute atomic E-state index is 12.1. The predicted octanol–water partition coefficient (Wildman–Crippen LogP) is 2.31. The van der Waals surface area contributed by atoms with Crippen LogP contribution in [-0.4, -0.2) is 48.8 Å². The first-order valence-corrected chi connectivity index (χ1v) is 10.2. The molecule has 1 aromatic rings. The van der Waals surface area contributed by atoms with E-state index < -0.39 is 10.8 Å². The van der Waals surface area contributed by atoms with Crippen molar-refractivity contribution in [3.8, 4) is 0 Å². The van der Waals surface area contributed by atoms with Crippen LogP contribution in [-0.2, 0) is 21.3 Å². The Morgan fingerprint density at radius 2 is 1.96 bits per heavy atom. The number of benzene rings is 1. The van der Waals surface area contributed by atoms with E-state index in [4.69, 9.17) is 4.74 Å². The summed E-state index contributed by atoms with van der Waals surface area (Å²) < 4.78 is 17.4. The molecule has 0 aliphatic rings. The highest BCUT2D eigenvalue weighted by molar-refractivity contribution is 7.84. The molecule has 6 heteroatoms. The van der Waals surface area contributed by atoms with Gasteiger partial charge in [-0.1, -0.05) is 30.3 Å². The van der Waals surface area contributed by atoms with Crippen LogP contribution in [0.1, 0.15) is 32.3 Å². The van der Waals surface area contributed by atoms with Gasteiger partial charge >= 0.3 is 0 Å². The van der Waals surface area contributed by atoms with Gasteiger partial charge in [-0.2, -0.15) is 0 Å². The Balaban J connectivity index is 2.23. The van der Waals surface area contributed by atoms with Crippen LogP contribution in [0.5, 0.6) is 0 Å². The average molecular weight is 354 g/mol. The van der Waals surface area contributed by atoms with Crippen LogP contribution >= 0.6 is 0 Å². The molecule has 2 N–H and O–H groups in total. The normalized spacial score (nSPS) is 12.8. The molecule has 0 aliphatic carbocycles. The second-order valence-electron chi connectivity index (χ2n) is 5.37. The van der Waals surface area contributed by atoms with Gasteiger partial charge in [0.2, 0.25) is 0 Å². The van der Waals surface area contributed by atoms with Gasteiger partial charge in [0.15, 0.2) is 5.96 Å². The highest BCUT2D eigenvalue weighted by atomic mass is 32.2. The third-order valence-electron chi connectivity index (χ3n) is 3.31. The SMILES string of the molecule is CCNC(=NCCCCOCC)NCCS(=O)Cc1ccccc1. The predicted molar refractivity (Wildman–Crippen MR) is 103 cm³/mol. The molecular weight excluding hydrogens is 322 g/mol. The molecule has 1 aromatic carbocycles. The molecule has 0 heterocycles. The zero-order chi connectivity index (χ0) is 17.5. The lowest BCUT2D eigenvalue weighted by Gasteiger charge is -2.11. The van der Waals surface area contributed by atoms with Crippen molar-refractivity contribution in [2.45, 2.75) is 32.4 Å². The van der Waals surface area contributed by atoms with E-state index in [1.165, 1.54) is 0 Å². The molecule has 0 saturated carbocycles. The van der Waals surface area contributed by atoms with Gasteiger partial charge in [-0.25, -0.2) is 0 Å². The molecular formula is C18H31N3O2S. The summed E-state index contributed by atoms with van der Waals surface area (Å²) in [7, 11) is -0.864. The molecule has 0 bridgehead atoms. The average Bonchev–Trinajstić information content (AvgIpc) is 2.58. The number of aliphatic imine (C=N–C) groups is 1.